The number of rotatable bonds is 4. The van der Waals surface area contributed by atoms with Gasteiger partial charge in [0, 0.05) is 11.9 Å². The predicted molar refractivity (Wildman–Crippen MR) is 91.6 cm³/mol. The smallest absolute Gasteiger partial charge is 0.267 e. The highest BCUT2D eigenvalue weighted by molar-refractivity contribution is 7.98. The van der Waals surface area contributed by atoms with E-state index >= 15 is 0 Å². The number of oxime groups is 1. The molecule has 3 aromatic rings. The summed E-state index contributed by atoms with van der Waals surface area (Å²) in [7, 11) is 0. The number of fused-ring (bicyclic) bond motifs is 1. The zero-order valence-electron chi connectivity index (χ0n) is 12.5. The number of aromatic nitrogens is 2. The van der Waals surface area contributed by atoms with E-state index in [1.54, 1.807) is 12.3 Å². The third-order valence-corrected chi connectivity index (χ3v) is 4.52. The highest BCUT2D eigenvalue weighted by atomic mass is 32.2. The molecule has 3 rings (SSSR count). The van der Waals surface area contributed by atoms with Crippen molar-refractivity contribution in [2.24, 2.45) is 5.16 Å². The van der Waals surface area contributed by atoms with Gasteiger partial charge in [0.15, 0.2) is 0 Å². The summed E-state index contributed by atoms with van der Waals surface area (Å²) in [5.41, 5.74) is 2.71. The summed E-state index contributed by atoms with van der Waals surface area (Å²) in [6, 6.07) is 13.6. The van der Waals surface area contributed by atoms with Gasteiger partial charge in [0.1, 0.15) is 10.7 Å². The van der Waals surface area contributed by atoms with Crippen LogP contribution in [0.5, 0.6) is 0 Å². The molecule has 2 aromatic heterocycles. The number of pyridine rings is 1. The summed E-state index contributed by atoms with van der Waals surface area (Å²) in [6.45, 7) is 1.91. The van der Waals surface area contributed by atoms with Gasteiger partial charge in [0.05, 0.1) is 11.8 Å². The lowest BCUT2D eigenvalue weighted by Gasteiger charge is -2.09. The third-order valence-electron chi connectivity index (χ3n) is 3.45. The number of nitrogens with zero attached hydrogens (tertiary/aromatic N) is 3. The molecule has 0 atom stereocenters. The summed E-state index contributed by atoms with van der Waals surface area (Å²) >= 11 is 1.45. The van der Waals surface area contributed by atoms with Gasteiger partial charge >= 0.3 is 0 Å². The Bertz CT molecular complexity index is 920. The van der Waals surface area contributed by atoms with Crippen LogP contribution in [0.25, 0.3) is 5.65 Å². The molecule has 0 spiro atoms. The van der Waals surface area contributed by atoms with Crippen LogP contribution >= 0.6 is 11.8 Å². The fraction of sp³-hybridized carbons (Fsp3) is 0.118. The van der Waals surface area contributed by atoms with Gasteiger partial charge in [-0.1, -0.05) is 41.6 Å². The van der Waals surface area contributed by atoms with Crippen LogP contribution in [0.3, 0.4) is 0 Å². The van der Waals surface area contributed by atoms with E-state index in [0.717, 1.165) is 17.3 Å². The van der Waals surface area contributed by atoms with Gasteiger partial charge in [-0.05, 0) is 24.1 Å². The van der Waals surface area contributed by atoms with E-state index in [0.29, 0.717) is 16.4 Å². The molecule has 2 heterocycles. The SMILES string of the molecule is Cc1cccn2c(=O)c(/C=N\O)c(SCc3ccccc3)nc12. The second-order valence-electron chi connectivity index (χ2n) is 5.04. The van der Waals surface area contributed by atoms with Gasteiger partial charge in [-0.3, -0.25) is 9.20 Å². The Morgan fingerprint density at radius 3 is 2.78 bits per heavy atom. The van der Waals surface area contributed by atoms with Crippen LogP contribution in [0, 0.1) is 6.92 Å². The average molecular weight is 325 g/mol. The van der Waals surface area contributed by atoms with Crippen molar-refractivity contribution in [1.29, 1.82) is 0 Å². The number of hydrogen-bond donors (Lipinski definition) is 1. The highest BCUT2D eigenvalue weighted by Gasteiger charge is 2.13. The van der Waals surface area contributed by atoms with Crippen LogP contribution in [0.1, 0.15) is 16.7 Å². The molecule has 1 N–H and O–H groups in total. The van der Waals surface area contributed by atoms with E-state index in [1.807, 2.05) is 43.3 Å². The Labute approximate surface area is 137 Å². The molecular weight excluding hydrogens is 310 g/mol. The van der Waals surface area contributed by atoms with E-state index in [9.17, 15) is 4.79 Å². The fourth-order valence-electron chi connectivity index (χ4n) is 2.30. The van der Waals surface area contributed by atoms with Crippen molar-refractivity contribution < 1.29 is 5.21 Å². The lowest BCUT2D eigenvalue weighted by Crippen LogP contribution is -2.21. The molecule has 6 heteroatoms. The topological polar surface area (TPSA) is 67.0 Å². The minimum absolute atomic E-state index is 0.243. The van der Waals surface area contributed by atoms with Gasteiger partial charge in [0.25, 0.3) is 5.56 Å². The van der Waals surface area contributed by atoms with Crippen molar-refractivity contribution >= 4 is 23.6 Å². The maximum Gasteiger partial charge on any atom is 0.267 e. The van der Waals surface area contributed by atoms with Crippen molar-refractivity contribution in [2.45, 2.75) is 17.7 Å². The first-order chi connectivity index (χ1) is 11.2. The molecule has 0 saturated carbocycles. The normalized spacial score (nSPS) is 11.3. The van der Waals surface area contributed by atoms with E-state index in [4.69, 9.17) is 5.21 Å². The molecule has 0 aliphatic carbocycles. The average Bonchev–Trinajstić information content (AvgIpc) is 2.58. The van der Waals surface area contributed by atoms with Crippen molar-refractivity contribution in [3.63, 3.8) is 0 Å². The summed E-state index contributed by atoms with van der Waals surface area (Å²) < 4.78 is 1.47. The zero-order chi connectivity index (χ0) is 16.2. The van der Waals surface area contributed by atoms with Gasteiger partial charge in [-0.2, -0.15) is 0 Å². The lowest BCUT2D eigenvalue weighted by atomic mass is 10.2. The molecule has 5 nitrogen and oxygen atoms in total. The maximum absolute atomic E-state index is 12.6. The van der Waals surface area contributed by atoms with Gasteiger partial charge in [-0.15, -0.1) is 11.8 Å². The first kappa shape index (κ1) is 15.3. The van der Waals surface area contributed by atoms with Crippen LogP contribution in [0.2, 0.25) is 0 Å². The lowest BCUT2D eigenvalue weighted by molar-refractivity contribution is 0.321. The number of benzene rings is 1. The van der Waals surface area contributed by atoms with Crippen molar-refractivity contribution in [1.82, 2.24) is 9.38 Å². The molecule has 23 heavy (non-hydrogen) atoms. The number of aryl methyl sites for hydroxylation is 1. The minimum atomic E-state index is -0.243. The van der Waals surface area contributed by atoms with Crippen molar-refractivity contribution in [3.8, 4) is 0 Å². The molecule has 0 radical (unpaired) electrons. The first-order valence-corrected chi connectivity index (χ1v) is 8.05. The van der Waals surface area contributed by atoms with Crippen LogP contribution in [-0.2, 0) is 5.75 Å². The molecule has 0 saturated heterocycles. The van der Waals surface area contributed by atoms with Crippen LogP contribution in [-0.4, -0.2) is 20.8 Å². The largest absolute Gasteiger partial charge is 0.411 e. The molecule has 0 amide bonds. The number of hydrogen-bond acceptors (Lipinski definition) is 5. The molecule has 0 unspecified atom stereocenters. The third kappa shape index (κ3) is 3.12. The Hall–Kier alpha value is -2.60. The number of thioether (sulfide) groups is 1. The first-order valence-electron chi connectivity index (χ1n) is 7.07. The predicted octanol–water partition coefficient (Wildman–Crippen LogP) is 3.10. The van der Waals surface area contributed by atoms with Crippen LogP contribution in [0.4, 0.5) is 0 Å². The molecule has 0 bridgehead atoms. The van der Waals surface area contributed by atoms with E-state index in [1.165, 1.54) is 16.2 Å². The van der Waals surface area contributed by atoms with E-state index in [2.05, 4.69) is 10.1 Å². The Morgan fingerprint density at radius 2 is 2.04 bits per heavy atom. The standard InChI is InChI=1S/C17H15N3O2S/c1-12-6-5-9-20-15(12)19-16(14(10-18-22)17(20)21)23-11-13-7-3-2-4-8-13/h2-10,22H,11H2,1H3/b18-10-. The van der Waals surface area contributed by atoms with Crippen LogP contribution in [0.15, 0.2) is 63.6 Å². The summed E-state index contributed by atoms with van der Waals surface area (Å²) in [5.74, 6) is 0.682. The molecule has 1 aromatic carbocycles. The monoisotopic (exact) mass is 325 g/mol. The van der Waals surface area contributed by atoms with E-state index < -0.39 is 0 Å². The van der Waals surface area contributed by atoms with Gasteiger partial charge in [-0.25, -0.2) is 4.98 Å². The fourth-order valence-corrected chi connectivity index (χ4v) is 3.24. The highest BCUT2D eigenvalue weighted by Crippen LogP contribution is 2.23. The summed E-state index contributed by atoms with van der Waals surface area (Å²) in [4.78, 5) is 17.2. The van der Waals surface area contributed by atoms with Gasteiger partial charge in [0.2, 0.25) is 0 Å². The Kier molecular flexibility index (Phi) is 4.43. The molecule has 0 fully saturated rings. The summed E-state index contributed by atoms with van der Waals surface area (Å²) in [5, 5.41) is 12.4. The molecule has 0 aliphatic heterocycles. The quantitative estimate of drug-likeness (QED) is 0.263. The summed E-state index contributed by atoms with van der Waals surface area (Å²) in [6.07, 6.45) is 2.81. The second-order valence-corrected chi connectivity index (χ2v) is 6.00. The van der Waals surface area contributed by atoms with E-state index in [-0.39, 0.29) is 11.1 Å². The van der Waals surface area contributed by atoms with Gasteiger partial charge < -0.3 is 5.21 Å². The Morgan fingerprint density at radius 1 is 1.26 bits per heavy atom. The Balaban J connectivity index is 2.09. The zero-order valence-corrected chi connectivity index (χ0v) is 13.3. The second kappa shape index (κ2) is 6.66. The molecule has 0 aliphatic rings. The van der Waals surface area contributed by atoms with Crippen molar-refractivity contribution in [3.05, 3.63) is 75.7 Å². The molecular formula is C17H15N3O2S. The minimum Gasteiger partial charge on any atom is -0.411 e. The van der Waals surface area contributed by atoms with Crippen molar-refractivity contribution in [2.75, 3.05) is 0 Å². The van der Waals surface area contributed by atoms with Crippen LogP contribution < -0.4 is 5.56 Å². The maximum atomic E-state index is 12.6. The molecule has 116 valence electrons.